The molecule has 3 N–H and O–H groups in total. The van der Waals surface area contributed by atoms with Crippen molar-refractivity contribution in [2.24, 2.45) is 0 Å². The monoisotopic (exact) mass is 463 g/mol. The van der Waals surface area contributed by atoms with E-state index in [4.69, 9.17) is 0 Å². The minimum atomic E-state index is -3.64. The zero-order valence-electron chi connectivity index (χ0n) is 17.9. The van der Waals surface area contributed by atoms with Crippen LogP contribution in [0.15, 0.2) is 30.5 Å². The Bertz CT molecular complexity index is 1110. The van der Waals surface area contributed by atoms with Gasteiger partial charge in [-0.25, -0.2) is 9.97 Å². The average molecular weight is 464 g/mol. The van der Waals surface area contributed by atoms with Crippen LogP contribution in [0.25, 0.3) is 0 Å². The van der Waals surface area contributed by atoms with E-state index in [-0.39, 0.29) is 30.1 Å². The zero-order valence-corrected chi connectivity index (χ0v) is 18.7. The van der Waals surface area contributed by atoms with Gasteiger partial charge in [-0.1, -0.05) is 6.92 Å². The minimum Gasteiger partial charge on any atom is -0.362 e. The first-order valence-corrected chi connectivity index (χ1v) is 11.9. The Balaban J connectivity index is 1.40. The molecule has 4 rings (SSSR count). The third-order valence-electron chi connectivity index (χ3n) is 5.60. The molecule has 3 heterocycles. The maximum Gasteiger partial charge on any atom is 0.300 e. The second-order valence-electron chi connectivity index (χ2n) is 7.77. The van der Waals surface area contributed by atoms with Gasteiger partial charge >= 0.3 is 0 Å². The van der Waals surface area contributed by atoms with Gasteiger partial charge in [0.15, 0.2) is 0 Å². The quantitative estimate of drug-likeness (QED) is 0.493. The van der Waals surface area contributed by atoms with E-state index in [1.54, 1.807) is 25.3 Å². The fraction of sp³-hybridized carbons (Fsp3) is 0.450. The number of halogens is 1. The molecule has 2 aromatic heterocycles. The van der Waals surface area contributed by atoms with Crippen molar-refractivity contribution in [3.63, 3.8) is 0 Å². The summed E-state index contributed by atoms with van der Waals surface area (Å²) in [6.07, 6.45) is 2.48. The molecule has 2 unspecified atom stereocenters. The SMILES string of the molecule is CCNS(=O)(=O)Nc1cc(CN2CCN(c3ccc(C(=O)NC)nc3F)C3CC32)ccn1. The first-order chi connectivity index (χ1) is 15.3. The van der Waals surface area contributed by atoms with Gasteiger partial charge in [0.1, 0.15) is 11.5 Å². The molecule has 2 fully saturated rings. The van der Waals surface area contributed by atoms with Gasteiger partial charge in [-0.15, -0.1) is 0 Å². The van der Waals surface area contributed by atoms with Crippen molar-refractivity contribution in [3.8, 4) is 0 Å². The van der Waals surface area contributed by atoms with Crippen LogP contribution in [0.1, 0.15) is 29.4 Å². The summed E-state index contributed by atoms with van der Waals surface area (Å²) >= 11 is 0. The highest BCUT2D eigenvalue weighted by atomic mass is 32.2. The molecule has 32 heavy (non-hydrogen) atoms. The molecule has 0 spiro atoms. The third-order valence-corrected chi connectivity index (χ3v) is 6.75. The summed E-state index contributed by atoms with van der Waals surface area (Å²) in [7, 11) is -2.16. The number of carbonyl (C=O) groups is 1. The van der Waals surface area contributed by atoms with Crippen molar-refractivity contribution >= 4 is 27.6 Å². The maximum absolute atomic E-state index is 14.6. The Morgan fingerprint density at radius 2 is 2.06 bits per heavy atom. The van der Waals surface area contributed by atoms with E-state index in [9.17, 15) is 17.6 Å². The van der Waals surface area contributed by atoms with Crippen molar-refractivity contribution in [1.29, 1.82) is 0 Å². The number of hydrogen-bond donors (Lipinski definition) is 3. The van der Waals surface area contributed by atoms with Crippen LogP contribution in [-0.4, -0.2) is 68.0 Å². The lowest BCUT2D eigenvalue weighted by atomic mass is 10.2. The van der Waals surface area contributed by atoms with Crippen molar-refractivity contribution in [3.05, 3.63) is 47.7 Å². The number of piperazine rings is 1. The smallest absolute Gasteiger partial charge is 0.300 e. The second-order valence-corrected chi connectivity index (χ2v) is 9.27. The number of fused-ring (bicyclic) bond motifs is 1. The number of carbonyl (C=O) groups excluding carboxylic acids is 1. The van der Waals surface area contributed by atoms with Crippen molar-refractivity contribution in [2.75, 3.05) is 36.3 Å². The molecule has 0 aromatic carbocycles. The van der Waals surface area contributed by atoms with E-state index in [1.165, 1.54) is 13.1 Å². The fourth-order valence-corrected chi connectivity index (χ4v) is 4.92. The molecule has 2 atom stereocenters. The largest absolute Gasteiger partial charge is 0.362 e. The van der Waals surface area contributed by atoms with Crippen molar-refractivity contribution < 1.29 is 17.6 Å². The van der Waals surface area contributed by atoms with Gasteiger partial charge in [0, 0.05) is 51.5 Å². The maximum atomic E-state index is 14.6. The molecule has 1 aliphatic carbocycles. The molecule has 1 aliphatic heterocycles. The summed E-state index contributed by atoms with van der Waals surface area (Å²) in [6, 6.07) is 7.18. The van der Waals surface area contributed by atoms with Gasteiger partial charge < -0.3 is 10.2 Å². The molecule has 12 heteroatoms. The van der Waals surface area contributed by atoms with Gasteiger partial charge in [0.05, 0.1) is 5.69 Å². The van der Waals surface area contributed by atoms with Crippen LogP contribution in [0.5, 0.6) is 0 Å². The lowest BCUT2D eigenvalue weighted by Gasteiger charge is -2.35. The molecule has 1 saturated heterocycles. The Morgan fingerprint density at radius 1 is 1.25 bits per heavy atom. The van der Waals surface area contributed by atoms with Crippen LogP contribution in [0.4, 0.5) is 15.9 Å². The lowest BCUT2D eigenvalue weighted by molar-refractivity contribution is 0.0957. The number of pyridine rings is 2. The molecular formula is C20H26FN7O3S. The van der Waals surface area contributed by atoms with Gasteiger partial charge in [-0.3, -0.25) is 14.4 Å². The molecule has 0 bridgehead atoms. The summed E-state index contributed by atoms with van der Waals surface area (Å²) in [5.74, 6) is -0.801. The highest BCUT2D eigenvalue weighted by molar-refractivity contribution is 7.90. The Labute approximate surface area is 186 Å². The number of hydrogen-bond acceptors (Lipinski definition) is 7. The predicted octanol–water partition coefficient (Wildman–Crippen LogP) is 0.705. The minimum absolute atomic E-state index is 0.0537. The number of rotatable bonds is 8. The van der Waals surface area contributed by atoms with E-state index in [0.717, 1.165) is 18.5 Å². The summed E-state index contributed by atoms with van der Waals surface area (Å²) < 4.78 is 43.2. The molecular weight excluding hydrogens is 437 g/mol. The normalized spacial score (nSPS) is 20.5. The molecule has 1 amide bonds. The van der Waals surface area contributed by atoms with Gasteiger partial charge in [-0.2, -0.15) is 17.5 Å². The second kappa shape index (κ2) is 8.96. The number of aromatic nitrogens is 2. The van der Waals surface area contributed by atoms with E-state index >= 15 is 0 Å². The van der Waals surface area contributed by atoms with E-state index in [0.29, 0.717) is 18.8 Å². The molecule has 10 nitrogen and oxygen atoms in total. The van der Waals surface area contributed by atoms with Crippen molar-refractivity contribution in [2.45, 2.75) is 32.0 Å². The number of nitrogens with one attached hydrogen (secondary N) is 3. The highest BCUT2D eigenvalue weighted by Gasteiger charge is 2.49. The average Bonchev–Trinajstić information content (AvgIpc) is 3.55. The Hall–Kier alpha value is -2.83. The molecule has 0 radical (unpaired) electrons. The predicted molar refractivity (Wildman–Crippen MR) is 118 cm³/mol. The summed E-state index contributed by atoms with van der Waals surface area (Å²) in [5.41, 5.74) is 1.41. The Kier molecular flexibility index (Phi) is 6.26. The number of anilines is 2. The topological polar surface area (TPSA) is 120 Å². The van der Waals surface area contributed by atoms with Gasteiger partial charge in [0.2, 0.25) is 5.95 Å². The fourth-order valence-electron chi connectivity index (χ4n) is 4.08. The molecule has 2 aliphatic rings. The molecule has 2 aromatic rings. The van der Waals surface area contributed by atoms with Crippen LogP contribution >= 0.6 is 0 Å². The summed E-state index contributed by atoms with van der Waals surface area (Å²) in [5, 5.41) is 2.44. The van der Waals surface area contributed by atoms with Crippen LogP contribution in [-0.2, 0) is 16.8 Å². The molecule has 172 valence electrons. The zero-order chi connectivity index (χ0) is 22.9. The van der Waals surface area contributed by atoms with Gasteiger partial charge in [0.25, 0.3) is 16.1 Å². The highest BCUT2D eigenvalue weighted by Crippen LogP contribution is 2.40. The van der Waals surface area contributed by atoms with E-state index in [2.05, 4.69) is 29.6 Å². The first kappa shape index (κ1) is 22.4. The van der Waals surface area contributed by atoms with Crippen LogP contribution < -0.4 is 19.7 Å². The van der Waals surface area contributed by atoms with E-state index in [1.807, 2.05) is 11.0 Å². The van der Waals surface area contributed by atoms with Crippen LogP contribution in [0.3, 0.4) is 0 Å². The Morgan fingerprint density at radius 3 is 2.78 bits per heavy atom. The lowest BCUT2D eigenvalue weighted by Crippen LogP contribution is -2.46. The van der Waals surface area contributed by atoms with Gasteiger partial charge in [-0.05, 0) is 36.2 Å². The number of nitrogens with zero attached hydrogens (tertiary/aromatic N) is 4. The standard InChI is InChI=1S/C20H26FN7O3S/c1-3-24-32(30,31)26-18-10-13(6-7-23-18)12-27-8-9-28(17-11-16(17)27)15-5-4-14(20(29)22-2)25-19(15)21/h4-7,10,16-17,24H,3,8-9,11-12H2,1-2H3,(H,22,29)(H,23,26). The summed E-state index contributed by atoms with van der Waals surface area (Å²) in [4.78, 5) is 23.9. The van der Waals surface area contributed by atoms with Crippen molar-refractivity contribution in [1.82, 2.24) is 24.9 Å². The molecule has 1 saturated carbocycles. The summed E-state index contributed by atoms with van der Waals surface area (Å²) in [6.45, 7) is 3.98. The first-order valence-electron chi connectivity index (χ1n) is 10.4. The van der Waals surface area contributed by atoms with Crippen LogP contribution in [0, 0.1) is 5.95 Å². The number of amides is 1. The van der Waals surface area contributed by atoms with Crippen LogP contribution in [0.2, 0.25) is 0 Å². The van der Waals surface area contributed by atoms with E-state index < -0.39 is 22.1 Å². The third kappa shape index (κ3) is 4.81.